The van der Waals surface area contributed by atoms with Crippen LogP contribution in [0.25, 0.3) is 0 Å². The topological polar surface area (TPSA) is 20.2 Å². The molecule has 1 heteroatoms. The molecule has 4 aliphatic rings. The van der Waals surface area contributed by atoms with E-state index in [1.165, 1.54) is 56.9 Å². The molecular formula is C27H46O. The second-order valence-electron chi connectivity index (χ2n) is 12.0. The Kier molecular flexibility index (Phi) is 5.44. The van der Waals surface area contributed by atoms with Crippen LogP contribution in [-0.4, -0.2) is 11.2 Å². The highest BCUT2D eigenvalue weighted by molar-refractivity contribution is 5.25. The summed E-state index contributed by atoms with van der Waals surface area (Å²) in [5.41, 5.74) is 2.21. The molecule has 3 saturated carbocycles. The Morgan fingerprint density at radius 1 is 1.07 bits per heavy atom. The second-order valence-corrected chi connectivity index (χ2v) is 12.0. The third-order valence-electron chi connectivity index (χ3n) is 10.2. The fourth-order valence-electron chi connectivity index (χ4n) is 8.51. The summed E-state index contributed by atoms with van der Waals surface area (Å²) in [5, 5.41) is 10.3. The van der Waals surface area contributed by atoms with E-state index in [0.29, 0.717) is 18.3 Å². The Morgan fingerprint density at radius 2 is 1.86 bits per heavy atom. The number of hydrogen-bond acceptors (Lipinski definition) is 1. The van der Waals surface area contributed by atoms with Crippen molar-refractivity contribution >= 4 is 0 Å². The summed E-state index contributed by atoms with van der Waals surface area (Å²) in [5.74, 6) is 5.15. The van der Waals surface area contributed by atoms with Crippen molar-refractivity contribution in [2.24, 2.45) is 46.3 Å². The van der Waals surface area contributed by atoms with Crippen molar-refractivity contribution in [1.29, 1.82) is 0 Å². The monoisotopic (exact) mass is 387 g/mol. The molecule has 0 radical (unpaired) electrons. The summed E-state index contributed by atoms with van der Waals surface area (Å²) in [6, 6.07) is 0. The van der Waals surface area contributed by atoms with Gasteiger partial charge in [-0.2, -0.15) is 0 Å². The van der Waals surface area contributed by atoms with E-state index in [0.717, 1.165) is 41.9 Å². The molecular weight excluding hydrogens is 340 g/mol. The molecule has 0 bridgehead atoms. The van der Waals surface area contributed by atoms with Crippen molar-refractivity contribution in [2.75, 3.05) is 0 Å². The van der Waals surface area contributed by atoms with Crippen LogP contribution in [0.15, 0.2) is 11.6 Å². The van der Waals surface area contributed by atoms with Gasteiger partial charge in [0.1, 0.15) is 0 Å². The van der Waals surface area contributed by atoms with E-state index in [1.807, 2.05) is 0 Å². The predicted molar refractivity (Wildman–Crippen MR) is 119 cm³/mol. The molecule has 0 aromatic heterocycles. The lowest BCUT2D eigenvalue weighted by molar-refractivity contribution is -0.0573. The van der Waals surface area contributed by atoms with Crippen LogP contribution in [0.3, 0.4) is 0 Å². The van der Waals surface area contributed by atoms with Gasteiger partial charge in [0.25, 0.3) is 0 Å². The van der Waals surface area contributed by atoms with Gasteiger partial charge in [-0.3, -0.25) is 0 Å². The number of rotatable bonds is 5. The first-order valence-electron chi connectivity index (χ1n) is 13.0. The van der Waals surface area contributed by atoms with Gasteiger partial charge in [-0.15, -0.1) is 0 Å². The third-order valence-corrected chi connectivity index (χ3v) is 10.2. The van der Waals surface area contributed by atoms with Gasteiger partial charge >= 0.3 is 0 Å². The quantitative estimate of drug-likeness (QED) is 0.488. The summed E-state index contributed by atoms with van der Waals surface area (Å²) < 4.78 is 8.19. The molecule has 3 fully saturated rings. The lowest BCUT2D eigenvalue weighted by Gasteiger charge is -2.58. The highest BCUT2D eigenvalue weighted by Crippen LogP contribution is 2.67. The van der Waals surface area contributed by atoms with E-state index in [1.54, 1.807) is 0 Å². The van der Waals surface area contributed by atoms with E-state index in [-0.39, 0.29) is 5.41 Å². The molecule has 0 amide bonds. The molecule has 7 unspecified atom stereocenters. The van der Waals surface area contributed by atoms with E-state index >= 15 is 0 Å². The average molecular weight is 388 g/mol. The zero-order chi connectivity index (χ0) is 21.0. The number of hydrogen-bond donors (Lipinski definition) is 1. The molecule has 8 atom stereocenters. The van der Waals surface area contributed by atoms with Gasteiger partial charge in [-0.25, -0.2) is 0 Å². The third kappa shape index (κ3) is 3.42. The first-order valence-corrected chi connectivity index (χ1v) is 12.5. The number of allylic oxidation sites excluding steroid dienone is 1. The normalized spacial score (nSPS) is 49.7. The fourth-order valence-corrected chi connectivity index (χ4v) is 8.51. The lowest BCUT2D eigenvalue weighted by atomic mass is 9.47. The predicted octanol–water partition coefficient (Wildman–Crippen LogP) is 7.39. The average Bonchev–Trinajstić information content (AvgIpc) is 2.99. The number of aliphatic hydroxyl groups is 1. The molecule has 0 aliphatic heterocycles. The zero-order valence-electron chi connectivity index (χ0n) is 20.3. The molecule has 4 rings (SSSR count). The molecule has 1 nitrogen and oxygen atoms in total. The summed E-state index contributed by atoms with van der Waals surface area (Å²) >= 11 is 0. The number of fused-ring (bicyclic) bond motifs is 5. The first-order chi connectivity index (χ1) is 13.6. The lowest BCUT2D eigenvalue weighted by Crippen LogP contribution is -2.50. The zero-order valence-corrected chi connectivity index (χ0v) is 19.3. The highest BCUT2D eigenvalue weighted by atomic mass is 16.3. The van der Waals surface area contributed by atoms with Gasteiger partial charge in [0.15, 0.2) is 0 Å². The Morgan fingerprint density at radius 3 is 2.61 bits per heavy atom. The van der Waals surface area contributed by atoms with E-state index in [9.17, 15) is 5.11 Å². The Labute approximate surface area is 176 Å². The highest BCUT2D eigenvalue weighted by Gasteiger charge is 2.59. The second kappa shape index (κ2) is 7.75. The van der Waals surface area contributed by atoms with Crippen molar-refractivity contribution in [3.63, 3.8) is 0 Å². The van der Waals surface area contributed by atoms with Crippen molar-refractivity contribution in [3.8, 4) is 0 Å². The Hall–Kier alpha value is -0.300. The molecule has 28 heavy (non-hydrogen) atoms. The van der Waals surface area contributed by atoms with Crippen LogP contribution in [0.4, 0.5) is 0 Å². The van der Waals surface area contributed by atoms with Gasteiger partial charge < -0.3 is 5.11 Å². The van der Waals surface area contributed by atoms with Crippen LogP contribution < -0.4 is 0 Å². The maximum absolute atomic E-state index is 10.3. The maximum Gasteiger partial charge on any atom is 0.0604 e. The Bertz CT molecular complexity index is 636. The van der Waals surface area contributed by atoms with Gasteiger partial charge in [0.05, 0.1) is 7.45 Å². The van der Waals surface area contributed by atoms with Gasteiger partial charge in [-0.1, -0.05) is 65.5 Å². The SMILES string of the molecule is [2H]C1(O)CCC2(C)C(=CCC3C2CCC2(C)C3CCC2[C@H](C)CCCC(C)C)C1. The van der Waals surface area contributed by atoms with Gasteiger partial charge in [-0.05, 0) is 97.7 Å². The molecule has 4 aliphatic carbocycles. The van der Waals surface area contributed by atoms with Crippen LogP contribution in [-0.2, 0) is 0 Å². The van der Waals surface area contributed by atoms with Crippen molar-refractivity contribution in [1.82, 2.24) is 0 Å². The largest absolute Gasteiger partial charge is 0.393 e. The summed E-state index contributed by atoms with van der Waals surface area (Å²) in [7, 11) is 0. The van der Waals surface area contributed by atoms with Gasteiger partial charge in [0.2, 0.25) is 0 Å². The maximum atomic E-state index is 10.3. The molecule has 160 valence electrons. The minimum Gasteiger partial charge on any atom is -0.393 e. The molecule has 0 aromatic rings. The van der Waals surface area contributed by atoms with Crippen molar-refractivity contribution in [3.05, 3.63) is 11.6 Å². The van der Waals surface area contributed by atoms with Crippen molar-refractivity contribution in [2.45, 2.75) is 111 Å². The summed E-state index contributed by atoms with van der Waals surface area (Å²) in [6.45, 7) is 12.4. The van der Waals surface area contributed by atoms with Crippen LogP contribution in [0.5, 0.6) is 0 Å². The summed E-state index contributed by atoms with van der Waals surface area (Å²) in [4.78, 5) is 0. The van der Waals surface area contributed by atoms with Crippen LogP contribution in [0.1, 0.15) is 107 Å². The first kappa shape index (κ1) is 19.7. The smallest absolute Gasteiger partial charge is 0.0604 e. The van der Waals surface area contributed by atoms with Gasteiger partial charge in [0, 0.05) is 0 Å². The minimum absolute atomic E-state index is 0.249. The fraction of sp³-hybridized carbons (Fsp3) is 0.926. The molecule has 0 spiro atoms. The standard InChI is InChI=1S/C27H46O/c1-18(2)7-6-8-19(3)23-11-12-24-22-10-9-20-17-21(28)13-15-26(20,4)25(22)14-16-27(23,24)5/h9,18-19,21-25,28H,6-8,10-17H2,1-5H3/t19-,21?,22?,23?,24?,25?,26?,27?/m1/s1/i21D. The van der Waals surface area contributed by atoms with Crippen molar-refractivity contribution < 1.29 is 6.48 Å². The van der Waals surface area contributed by atoms with E-state index in [2.05, 4.69) is 40.7 Å². The Balaban J connectivity index is 1.50. The van der Waals surface area contributed by atoms with Crippen LogP contribution >= 0.6 is 0 Å². The van der Waals surface area contributed by atoms with E-state index in [4.69, 9.17) is 1.37 Å². The molecule has 1 N–H and O–H groups in total. The molecule has 0 saturated heterocycles. The minimum atomic E-state index is -1.22. The van der Waals surface area contributed by atoms with Crippen LogP contribution in [0, 0.1) is 46.3 Å². The molecule has 0 aromatic carbocycles. The van der Waals surface area contributed by atoms with E-state index < -0.39 is 6.08 Å². The molecule has 0 heterocycles. The van der Waals surface area contributed by atoms with Crippen LogP contribution in [0.2, 0.25) is 0 Å². The summed E-state index contributed by atoms with van der Waals surface area (Å²) in [6.07, 6.45) is 14.6.